The number of alkyl halides is 1. The second-order valence-electron chi connectivity index (χ2n) is 9.16. The lowest BCUT2D eigenvalue weighted by molar-refractivity contribution is -0.136. The Hall–Kier alpha value is -2.35. The number of hydrogen-bond acceptors (Lipinski definition) is 4. The Morgan fingerprint density at radius 3 is 2.73 bits per heavy atom. The van der Waals surface area contributed by atoms with Gasteiger partial charge in [-0.3, -0.25) is 14.6 Å². The number of rotatable bonds is 9. The molecule has 1 saturated heterocycles. The van der Waals surface area contributed by atoms with Gasteiger partial charge in [-0.2, -0.15) is 0 Å². The summed E-state index contributed by atoms with van der Waals surface area (Å²) < 4.78 is 20.3. The van der Waals surface area contributed by atoms with Gasteiger partial charge in [0.2, 0.25) is 5.91 Å². The summed E-state index contributed by atoms with van der Waals surface area (Å²) in [4.78, 5) is 30.1. The summed E-state index contributed by atoms with van der Waals surface area (Å²) in [7, 11) is 1.69. The van der Waals surface area contributed by atoms with E-state index in [2.05, 4.69) is 13.0 Å². The number of nitrogens with zero attached hydrogens (tertiary/aromatic N) is 3. The molecule has 184 valence electrons. The number of hydrogen-bond donors (Lipinski definition) is 1. The van der Waals surface area contributed by atoms with Crippen molar-refractivity contribution in [2.75, 3.05) is 39.8 Å². The minimum absolute atomic E-state index is 0.0432. The summed E-state index contributed by atoms with van der Waals surface area (Å²) in [6, 6.07) is 5.50. The molecule has 8 heteroatoms. The fourth-order valence-electron chi connectivity index (χ4n) is 5.27. The minimum Gasteiger partial charge on any atom is -0.496 e. The molecule has 3 rings (SSSR count). The lowest BCUT2D eigenvalue weighted by Crippen LogP contribution is -2.60. The molecule has 0 radical (unpaired) electrons. The van der Waals surface area contributed by atoms with Crippen LogP contribution in [0, 0.1) is 0 Å². The van der Waals surface area contributed by atoms with E-state index in [1.54, 1.807) is 7.11 Å². The van der Waals surface area contributed by atoms with Crippen LogP contribution in [-0.4, -0.2) is 89.9 Å². The van der Waals surface area contributed by atoms with Crippen molar-refractivity contribution in [3.63, 3.8) is 0 Å². The molecule has 1 aromatic rings. The summed E-state index contributed by atoms with van der Waals surface area (Å²) in [6.07, 6.45) is 2.09. The first-order chi connectivity index (χ1) is 15.9. The molecule has 2 amide bonds. The molecule has 33 heavy (non-hydrogen) atoms. The van der Waals surface area contributed by atoms with Gasteiger partial charge in [0.05, 0.1) is 19.7 Å². The first-order valence-corrected chi connectivity index (χ1v) is 12.2. The molecule has 1 aliphatic carbocycles. The molecule has 2 aliphatic rings. The maximum Gasteiger partial charge on any atom is 0.407 e. The number of amides is 2. The fourth-order valence-corrected chi connectivity index (χ4v) is 5.27. The van der Waals surface area contributed by atoms with E-state index in [1.165, 1.54) is 16.0 Å². The number of ether oxygens (including phenoxy) is 1. The number of fused-ring (bicyclic) bond motifs is 1. The third kappa shape index (κ3) is 5.96. The van der Waals surface area contributed by atoms with Gasteiger partial charge in [0.15, 0.2) is 0 Å². The van der Waals surface area contributed by atoms with E-state index in [9.17, 15) is 19.1 Å². The number of carbonyl (C=O) groups excluding carboxylic acids is 1. The van der Waals surface area contributed by atoms with Gasteiger partial charge < -0.3 is 14.7 Å². The Balaban J connectivity index is 1.68. The van der Waals surface area contributed by atoms with Crippen LogP contribution in [0.4, 0.5) is 9.18 Å². The van der Waals surface area contributed by atoms with Crippen LogP contribution >= 0.6 is 0 Å². The lowest BCUT2D eigenvalue weighted by atomic mass is 9.86. The first kappa shape index (κ1) is 25.3. The van der Waals surface area contributed by atoms with E-state index < -0.39 is 18.3 Å². The highest BCUT2D eigenvalue weighted by atomic mass is 19.1. The quantitative estimate of drug-likeness (QED) is 0.606. The highest BCUT2D eigenvalue weighted by molar-refractivity contribution is 5.79. The molecule has 1 fully saturated rings. The van der Waals surface area contributed by atoms with Crippen molar-refractivity contribution in [2.24, 2.45) is 0 Å². The van der Waals surface area contributed by atoms with Crippen LogP contribution < -0.4 is 4.74 Å². The fraction of sp³-hybridized carbons (Fsp3) is 0.680. The van der Waals surface area contributed by atoms with Crippen molar-refractivity contribution < 1.29 is 23.8 Å². The number of carboxylic acid groups (broad SMARTS) is 1. The van der Waals surface area contributed by atoms with Crippen molar-refractivity contribution in [2.45, 2.75) is 70.6 Å². The van der Waals surface area contributed by atoms with E-state index in [-0.39, 0.29) is 31.6 Å². The topological polar surface area (TPSA) is 73.3 Å². The van der Waals surface area contributed by atoms with Crippen LogP contribution in [0.25, 0.3) is 0 Å². The molecule has 0 bridgehead atoms. The van der Waals surface area contributed by atoms with E-state index in [0.717, 1.165) is 31.4 Å². The molecule has 1 heterocycles. The average molecular weight is 464 g/mol. The van der Waals surface area contributed by atoms with Crippen molar-refractivity contribution >= 4 is 12.0 Å². The number of piperazine rings is 1. The van der Waals surface area contributed by atoms with Crippen molar-refractivity contribution in [3.05, 3.63) is 29.3 Å². The molecule has 1 aliphatic heterocycles. The van der Waals surface area contributed by atoms with Crippen LogP contribution in [0.15, 0.2) is 18.2 Å². The second kappa shape index (κ2) is 11.7. The highest BCUT2D eigenvalue weighted by Gasteiger charge is 2.37. The number of halogens is 1. The molecular formula is C25H38FN3O4. The van der Waals surface area contributed by atoms with Gasteiger partial charge in [-0.05, 0) is 49.3 Å². The molecule has 3 unspecified atom stereocenters. The van der Waals surface area contributed by atoms with Crippen molar-refractivity contribution in [3.8, 4) is 5.75 Å². The minimum atomic E-state index is -1.22. The SMILES string of the molecule is CCCC(F)C1CN(CC(=O)N(CCC)C2CCc3c(cccc3OC)C2)CCN1C(=O)O. The predicted octanol–water partition coefficient (Wildman–Crippen LogP) is 3.59. The van der Waals surface area contributed by atoms with Gasteiger partial charge in [0, 0.05) is 32.2 Å². The van der Waals surface area contributed by atoms with E-state index in [0.29, 0.717) is 25.9 Å². The number of carbonyl (C=O) groups is 2. The largest absolute Gasteiger partial charge is 0.496 e. The highest BCUT2D eigenvalue weighted by Crippen LogP contribution is 2.31. The van der Waals surface area contributed by atoms with Gasteiger partial charge in [0.1, 0.15) is 11.9 Å². The normalized spacial score (nSPS) is 21.9. The molecule has 1 aromatic carbocycles. The molecule has 0 aromatic heterocycles. The van der Waals surface area contributed by atoms with E-state index in [4.69, 9.17) is 4.74 Å². The number of benzene rings is 1. The van der Waals surface area contributed by atoms with Crippen molar-refractivity contribution in [1.29, 1.82) is 0 Å². The molecular weight excluding hydrogens is 425 g/mol. The zero-order valence-corrected chi connectivity index (χ0v) is 20.1. The van der Waals surface area contributed by atoms with Crippen LogP contribution in [0.2, 0.25) is 0 Å². The summed E-state index contributed by atoms with van der Waals surface area (Å²) in [5.74, 6) is 0.955. The van der Waals surface area contributed by atoms with Crippen LogP contribution in [0.3, 0.4) is 0 Å². The van der Waals surface area contributed by atoms with E-state index >= 15 is 0 Å². The van der Waals surface area contributed by atoms with Gasteiger partial charge in [-0.15, -0.1) is 0 Å². The summed E-state index contributed by atoms with van der Waals surface area (Å²) in [5, 5.41) is 9.50. The standard InChI is InChI=1S/C25H38FN3O4/c1-4-7-21(26)22-16-27(13-14-29(22)25(31)32)17-24(30)28(12-5-2)19-10-11-20-18(15-19)8-6-9-23(20)33-3/h6,8-9,19,21-22H,4-5,7,10-17H2,1-3H3,(H,31,32). The smallest absolute Gasteiger partial charge is 0.407 e. The Labute approximate surface area is 196 Å². The predicted molar refractivity (Wildman–Crippen MR) is 126 cm³/mol. The maximum atomic E-state index is 14.7. The van der Waals surface area contributed by atoms with Crippen LogP contribution in [-0.2, 0) is 17.6 Å². The lowest BCUT2D eigenvalue weighted by Gasteiger charge is -2.42. The third-order valence-corrected chi connectivity index (χ3v) is 6.95. The summed E-state index contributed by atoms with van der Waals surface area (Å²) >= 11 is 0. The molecule has 1 N–H and O–H groups in total. The summed E-state index contributed by atoms with van der Waals surface area (Å²) in [6.45, 7) is 5.76. The zero-order chi connectivity index (χ0) is 24.0. The monoisotopic (exact) mass is 463 g/mol. The molecule has 7 nitrogen and oxygen atoms in total. The molecule has 0 saturated carbocycles. The third-order valence-electron chi connectivity index (χ3n) is 6.95. The van der Waals surface area contributed by atoms with Crippen LogP contribution in [0.5, 0.6) is 5.75 Å². The first-order valence-electron chi connectivity index (χ1n) is 12.2. The average Bonchev–Trinajstić information content (AvgIpc) is 2.81. The Kier molecular flexibility index (Phi) is 8.95. The Morgan fingerprint density at radius 1 is 1.27 bits per heavy atom. The van der Waals surface area contributed by atoms with Gasteiger partial charge in [-0.1, -0.05) is 32.4 Å². The maximum absolute atomic E-state index is 14.7. The van der Waals surface area contributed by atoms with Gasteiger partial charge in [-0.25, -0.2) is 9.18 Å². The summed E-state index contributed by atoms with van der Waals surface area (Å²) in [5.41, 5.74) is 2.46. The Morgan fingerprint density at radius 2 is 2.06 bits per heavy atom. The zero-order valence-electron chi connectivity index (χ0n) is 20.1. The van der Waals surface area contributed by atoms with Crippen molar-refractivity contribution in [1.82, 2.24) is 14.7 Å². The Bertz CT molecular complexity index is 821. The van der Waals surface area contributed by atoms with Gasteiger partial charge >= 0.3 is 6.09 Å². The molecule has 3 atom stereocenters. The van der Waals surface area contributed by atoms with Gasteiger partial charge in [0.25, 0.3) is 0 Å². The second-order valence-corrected chi connectivity index (χ2v) is 9.16. The number of methoxy groups -OCH3 is 1. The van der Waals surface area contributed by atoms with E-state index in [1.807, 2.05) is 28.9 Å². The van der Waals surface area contributed by atoms with Crippen LogP contribution in [0.1, 0.15) is 50.7 Å². The molecule has 0 spiro atoms.